The van der Waals surface area contributed by atoms with Crippen molar-refractivity contribution in [1.82, 2.24) is 0 Å². The average molecular weight is 503 g/mol. The van der Waals surface area contributed by atoms with Gasteiger partial charge in [-0.2, -0.15) is 0 Å². The van der Waals surface area contributed by atoms with E-state index >= 15 is 0 Å². The molecule has 4 heterocycles. The minimum Gasteiger partial charge on any atom is -0.485 e. The summed E-state index contributed by atoms with van der Waals surface area (Å²) in [4.78, 5) is 2.36. The van der Waals surface area contributed by atoms with Crippen molar-refractivity contribution in [3.05, 3.63) is 24.3 Å². The Balaban J connectivity index is 1.56. The molecule has 3 aromatic rings. The number of ether oxygens (including phenoxy) is 4. The molecule has 0 aliphatic carbocycles. The molecule has 2 aromatic heterocycles. The summed E-state index contributed by atoms with van der Waals surface area (Å²) < 4.78 is 27.1. The topological polar surface area (TPSA) is 36.9 Å². The lowest BCUT2D eigenvalue weighted by Gasteiger charge is -2.21. The number of hydrogen-bond acceptors (Lipinski definition) is 6. The summed E-state index contributed by atoms with van der Waals surface area (Å²) in [6.45, 7) is 16.7. The maximum Gasteiger partial charge on any atom is 0.179 e. The molecular formula is C24H30O4S2Si2. The summed E-state index contributed by atoms with van der Waals surface area (Å²) >= 11 is 3.69. The third-order valence-corrected chi connectivity index (χ3v) is 15.1. The number of benzene rings is 1. The Kier molecular flexibility index (Phi) is 5.47. The minimum absolute atomic E-state index is 0.609. The predicted octanol–water partition coefficient (Wildman–Crippen LogP) is 5.78. The van der Waals surface area contributed by atoms with Gasteiger partial charge in [-0.3, -0.25) is 0 Å². The SMILES string of the molecule is C[Si](C)(C)c1sc(-c2ccc(-c3sc([Si](C)(C)C)c4c3OCCO4)cc2)c2c1OCCO2. The number of fused-ring (bicyclic) bond motifs is 2. The van der Waals surface area contributed by atoms with Crippen LogP contribution in [0.4, 0.5) is 0 Å². The quantitative estimate of drug-likeness (QED) is 0.424. The molecule has 1 aromatic carbocycles. The Hall–Kier alpha value is -1.75. The fourth-order valence-electron chi connectivity index (χ4n) is 4.04. The van der Waals surface area contributed by atoms with Gasteiger partial charge in [0.25, 0.3) is 0 Å². The van der Waals surface area contributed by atoms with Crippen molar-refractivity contribution < 1.29 is 18.9 Å². The second-order valence-corrected chi connectivity index (χ2v) is 23.1. The van der Waals surface area contributed by atoms with Crippen LogP contribution in [0.15, 0.2) is 24.3 Å². The zero-order valence-electron chi connectivity index (χ0n) is 19.6. The first-order chi connectivity index (χ1) is 15.1. The molecule has 0 unspecified atom stereocenters. The second kappa shape index (κ2) is 7.93. The van der Waals surface area contributed by atoms with Gasteiger partial charge in [-0.25, -0.2) is 0 Å². The van der Waals surface area contributed by atoms with Crippen LogP contribution in [0.3, 0.4) is 0 Å². The van der Waals surface area contributed by atoms with E-state index in [1.807, 2.05) is 22.7 Å². The number of thiophene rings is 2. The Labute approximate surface area is 200 Å². The van der Waals surface area contributed by atoms with Crippen molar-refractivity contribution >= 4 is 47.8 Å². The molecule has 2 aliphatic rings. The first kappa shape index (κ1) is 22.1. The maximum atomic E-state index is 6.09. The third-order valence-electron chi connectivity index (χ3n) is 5.57. The van der Waals surface area contributed by atoms with Crippen molar-refractivity contribution in [2.75, 3.05) is 26.4 Å². The molecule has 8 heteroatoms. The standard InChI is InChI=1S/C24H30O4S2Si2/c1-31(2,3)23-19-17(25-11-13-27-19)21(29-23)15-7-9-16(10-8-15)22-18-20(28-14-12-26-18)24(30-22)32(4,5)6/h7-10H,11-14H2,1-6H3. The van der Waals surface area contributed by atoms with Gasteiger partial charge in [0.1, 0.15) is 26.4 Å². The molecule has 4 nitrogen and oxygen atoms in total. The summed E-state index contributed by atoms with van der Waals surface area (Å²) in [6, 6.07) is 8.82. The molecule has 0 N–H and O–H groups in total. The molecule has 2 aliphatic heterocycles. The Bertz CT molecular complexity index is 1060. The molecule has 0 bridgehead atoms. The highest BCUT2D eigenvalue weighted by atomic mass is 32.1. The van der Waals surface area contributed by atoms with Crippen molar-refractivity contribution in [3.8, 4) is 43.9 Å². The van der Waals surface area contributed by atoms with Gasteiger partial charge in [-0.1, -0.05) is 63.5 Å². The number of hydrogen-bond donors (Lipinski definition) is 0. The van der Waals surface area contributed by atoms with Gasteiger partial charge in [-0.05, 0) is 11.1 Å². The monoisotopic (exact) mass is 502 g/mol. The third kappa shape index (κ3) is 3.81. The highest BCUT2D eigenvalue weighted by molar-refractivity contribution is 7.30. The van der Waals surface area contributed by atoms with E-state index in [1.165, 1.54) is 29.9 Å². The van der Waals surface area contributed by atoms with E-state index in [0.29, 0.717) is 26.4 Å². The molecule has 0 atom stereocenters. The lowest BCUT2D eigenvalue weighted by Crippen LogP contribution is -2.37. The fraction of sp³-hybridized carbons (Fsp3) is 0.417. The van der Waals surface area contributed by atoms with Gasteiger partial charge >= 0.3 is 0 Å². The summed E-state index contributed by atoms with van der Waals surface area (Å²) in [5.41, 5.74) is 2.36. The Morgan fingerprint density at radius 1 is 0.531 bits per heavy atom. The van der Waals surface area contributed by atoms with Crippen molar-refractivity contribution in [2.24, 2.45) is 0 Å². The van der Waals surface area contributed by atoms with E-state index in [2.05, 4.69) is 63.5 Å². The fourth-order valence-corrected chi connectivity index (χ4v) is 10.7. The average Bonchev–Trinajstić information content (AvgIpc) is 3.33. The Morgan fingerprint density at radius 2 is 0.844 bits per heavy atom. The normalized spacial score (nSPS) is 15.7. The van der Waals surface area contributed by atoms with E-state index < -0.39 is 16.1 Å². The highest BCUT2D eigenvalue weighted by Gasteiger charge is 2.34. The molecule has 0 saturated carbocycles. The second-order valence-electron chi connectivity index (χ2n) is 10.3. The zero-order chi connectivity index (χ0) is 22.7. The van der Waals surface area contributed by atoms with Gasteiger partial charge in [0.05, 0.1) is 25.9 Å². The van der Waals surface area contributed by atoms with E-state index in [4.69, 9.17) is 18.9 Å². The molecule has 0 saturated heterocycles. The van der Waals surface area contributed by atoms with Gasteiger partial charge in [-0.15, -0.1) is 22.7 Å². The molecule has 0 amide bonds. The molecule has 32 heavy (non-hydrogen) atoms. The van der Waals surface area contributed by atoms with Gasteiger partial charge in [0.15, 0.2) is 23.0 Å². The lowest BCUT2D eigenvalue weighted by atomic mass is 10.1. The Morgan fingerprint density at radius 3 is 1.16 bits per heavy atom. The molecule has 0 radical (unpaired) electrons. The van der Waals surface area contributed by atoms with E-state index in [-0.39, 0.29) is 0 Å². The number of rotatable bonds is 4. The molecular weight excluding hydrogens is 473 g/mol. The van der Waals surface area contributed by atoms with Crippen LogP contribution in [0, 0.1) is 0 Å². The van der Waals surface area contributed by atoms with Gasteiger partial charge in [0.2, 0.25) is 0 Å². The van der Waals surface area contributed by atoms with Crippen LogP contribution in [0.5, 0.6) is 23.0 Å². The minimum atomic E-state index is -1.53. The van der Waals surface area contributed by atoms with E-state index in [9.17, 15) is 0 Å². The van der Waals surface area contributed by atoms with Crippen molar-refractivity contribution in [1.29, 1.82) is 0 Å². The maximum absolute atomic E-state index is 6.09. The van der Waals surface area contributed by atoms with Crippen LogP contribution in [-0.2, 0) is 0 Å². The van der Waals surface area contributed by atoms with Crippen LogP contribution in [0.1, 0.15) is 0 Å². The molecule has 5 rings (SSSR count). The van der Waals surface area contributed by atoms with Crippen molar-refractivity contribution in [3.63, 3.8) is 0 Å². The van der Waals surface area contributed by atoms with Gasteiger partial charge in [0, 0.05) is 9.00 Å². The molecule has 170 valence electrons. The first-order valence-corrected chi connectivity index (χ1v) is 19.7. The van der Waals surface area contributed by atoms with E-state index in [1.54, 1.807) is 0 Å². The van der Waals surface area contributed by atoms with Crippen LogP contribution < -0.4 is 27.9 Å². The molecule has 0 spiro atoms. The lowest BCUT2D eigenvalue weighted by molar-refractivity contribution is 0.175. The van der Waals surface area contributed by atoms with Crippen LogP contribution in [-0.4, -0.2) is 42.6 Å². The highest BCUT2D eigenvalue weighted by Crippen LogP contribution is 2.48. The van der Waals surface area contributed by atoms with Crippen molar-refractivity contribution in [2.45, 2.75) is 39.3 Å². The summed E-state index contributed by atoms with van der Waals surface area (Å²) in [5.74, 6) is 3.82. The summed E-state index contributed by atoms with van der Waals surface area (Å²) in [7, 11) is -3.06. The zero-order valence-corrected chi connectivity index (χ0v) is 23.2. The largest absolute Gasteiger partial charge is 0.485 e. The predicted molar refractivity (Wildman–Crippen MR) is 141 cm³/mol. The molecule has 0 fully saturated rings. The first-order valence-electron chi connectivity index (χ1n) is 11.1. The van der Waals surface area contributed by atoms with Crippen LogP contribution >= 0.6 is 22.7 Å². The van der Waals surface area contributed by atoms with Crippen LogP contribution in [0.25, 0.3) is 20.9 Å². The van der Waals surface area contributed by atoms with Gasteiger partial charge < -0.3 is 18.9 Å². The summed E-state index contributed by atoms with van der Waals surface area (Å²) in [6.07, 6.45) is 0. The summed E-state index contributed by atoms with van der Waals surface area (Å²) in [5, 5.41) is 0. The van der Waals surface area contributed by atoms with Crippen LogP contribution in [0.2, 0.25) is 39.3 Å². The smallest absolute Gasteiger partial charge is 0.179 e. The van der Waals surface area contributed by atoms with E-state index in [0.717, 1.165) is 23.0 Å².